The SMILES string of the molecule is CCN(C)C=Nc1cc(Br)c(OC2CCC(=C(Cl)Cl)CC2)nc1C. The lowest BCUT2D eigenvalue weighted by Gasteiger charge is -2.25. The van der Waals surface area contributed by atoms with E-state index in [9.17, 15) is 0 Å². The molecule has 0 aromatic carbocycles. The van der Waals surface area contributed by atoms with Gasteiger partial charge < -0.3 is 9.64 Å². The van der Waals surface area contributed by atoms with Crippen molar-refractivity contribution in [3.8, 4) is 5.88 Å². The van der Waals surface area contributed by atoms with Crippen LogP contribution in [-0.4, -0.2) is 35.9 Å². The van der Waals surface area contributed by atoms with E-state index >= 15 is 0 Å². The van der Waals surface area contributed by atoms with Crippen molar-refractivity contribution in [1.29, 1.82) is 0 Å². The first-order valence-electron chi connectivity index (χ1n) is 8.02. The summed E-state index contributed by atoms with van der Waals surface area (Å²) in [6.07, 6.45) is 5.47. The summed E-state index contributed by atoms with van der Waals surface area (Å²) in [7, 11) is 1.98. The van der Waals surface area contributed by atoms with Crippen molar-refractivity contribution in [2.45, 2.75) is 45.6 Å². The largest absolute Gasteiger partial charge is 0.474 e. The summed E-state index contributed by atoms with van der Waals surface area (Å²) in [5, 5.41) is 0. The van der Waals surface area contributed by atoms with E-state index in [1.165, 1.54) is 0 Å². The Bertz CT molecular complexity index is 635. The third kappa shape index (κ3) is 5.36. The van der Waals surface area contributed by atoms with Gasteiger partial charge in [0, 0.05) is 13.6 Å². The highest BCUT2D eigenvalue weighted by Crippen LogP contribution is 2.34. The van der Waals surface area contributed by atoms with Crippen molar-refractivity contribution in [2.24, 2.45) is 4.99 Å². The number of hydrogen-bond acceptors (Lipinski definition) is 3. The number of aryl methyl sites for hydroxylation is 1. The number of aromatic nitrogens is 1. The molecule has 0 aliphatic heterocycles. The molecule has 0 bridgehead atoms. The predicted octanol–water partition coefficient (Wildman–Crippen LogP) is 5.77. The molecule has 24 heavy (non-hydrogen) atoms. The van der Waals surface area contributed by atoms with Gasteiger partial charge in [-0.15, -0.1) is 0 Å². The van der Waals surface area contributed by atoms with Gasteiger partial charge in [0.05, 0.1) is 22.2 Å². The van der Waals surface area contributed by atoms with Gasteiger partial charge >= 0.3 is 0 Å². The highest BCUT2D eigenvalue weighted by Gasteiger charge is 2.21. The standard InChI is InChI=1S/C17H22BrCl2N3O/c1-4-23(3)10-21-15-9-14(18)17(22-11(15)2)24-13-7-5-12(6-8-13)16(19)20/h9-10,13H,4-8H2,1-3H3. The molecule has 2 rings (SSSR count). The summed E-state index contributed by atoms with van der Waals surface area (Å²) in [5.74, 6) is 0.615. The van der Waals surface area contributed by atoms with Gasteiger partial charge in [0.25, 0.3) is 0 Å². The van der Waals surface area contributed by atoms with E-state index in [4.69, 9.17) is 27.9 Å². The van der Waals surface area contributed by atoms with E-state index in [-0.39, 0.29) is 6.10 Å². The fraction of sp³-hybridized carbons (Fsp3) is 0.529. The number of ether oxygens (including phenoxy) is 1. The topological polar surface area (TPSA) is 37.7 Å². The molecule has 0 radical (unpaired) electrons. The summed E-state index contributed by atoms with van der Waals surface area (Å²) in [5.41, 5.74) is 2.79. The molecular weight excluding hydrogens is 413 g/mol. The van der Waals surface area contributed by atoms with Crippen molar-refractivity contribution in [3.05, 3.63) is 26.3 Å². The Balaban J connectivity index is 2.06. The minimum Gasteiger partial charge on any atom is -0.474 e. The predicted molar refractivity (Wildman–Crippen MR) is 105 cm³/mol. The first-order valence-corrected chi connectivity index (χ1v) is 9.56. The zero-order chi connectivity index (χ0) is 17.7. The molecule has 132 valence electrons. The van der Waals surface area contributed by atoms with E-state index in [0.717, 1.165) is 53.7 Å². The molecule has 1 aromatic rings. The smallest absolute Gasteiger partial charge is 0.228 e. The van der Waals surface area contributed by atoms with Crippen LogP contribution in [0.15, 0.2) is 25.6 Å². The molecule has 0 unspecified atom stereocenters. The Morgan fingerprint density at radius 2 is 2.12 bits per heavy atom. The molecule has 0 spiro atoms. The number of halogens is 3. The molecule has 1 saturated carbocycles. The summed E-state index contributed by atoms with van der Waals surface area (Å²) in [6, 6.07) is 1.95. The van der Waals surface area contributed by atoms with Crippen LogP contribution < -0.4 is 4.74 Å². The maximum absolute atomic E-state index is 6.07. The Labute approximate surface area is 162 Å². The van der Waals surface area contributed by atoms with Crippen LogP contribution >= 0.6 is 39.1 Å². The van der Waals surface area contributed by atoms with Gasteiger partial charge in [0.2, 0.25) is 5.88 Å². The molecule has 1 aliphatic carbocycles. The summed E-state index contributed by atoms with van der Waals surface area (Å²) < 4.78 is 7.29. The molecule has 1 aliphatic rings. The zero-order valence-corrected chi connectivity index (χ0v) is 17.2. The highest BCUT2D eigenvalue weighted by molar-refractivity contribution is 9.10. The van der Waals surface area contributed by atoms with E-state index < -0.39 is 0 Å². The van der Waals surface area contributed by atoms with Crippen LogP contribution in [0.5, 0.6) is 5.88 Å². The van der Waals surface area contributed by atoms with Crippen molar-refractivity contribution >= 4 is 51.2 Å². The van der Waals surface area contributed by atoms with Gasteiger partial charge in [-0.2, -0.15) is 0 Å². The number of pyridine rings is 1. The highest BCUT2D eigenvalue weighted by atomic mass is 79.9. The van der Waals surface area contributed by atoms with Gasteiger partial charge in [-0.1, -0.05) is 23.2 Å². The van der Waals surface area contributed by atoms with E-state index in [1.807, 2.05) is 31.3 Å². The van der Waals surface area contributed by atoms with Gasteiger partial charge in [0.15, 0.2) is 0 Å². The second-order valence-electron chi connectivity index (χ2n) is 5.88. The molecule has 1 fully saturated rings. The van der Waals surface area contributed by atoms with Crippen LogP contribution in [0.2, 0.25) is 0 Å². The number of rotatable bonds is 5. The van der Waals surface area contributed by atoms with Crippen molar-refractivity contribution in [2.75, 3.05) is 13.6 Å². The van der Waals surface area contributed by atoms with Crippen molar-refractivity contribution in [3.63, 3.8) is 0 Å². The van der Waals surface area contributed by atoms with Gasteiger partial charge in [-0.05, 0) is 67.1 Å². The first-order chi connectivity index (χ1) is 11.4. The van der Waals surface area contributed by atoms with E-state index in [1.54, 1.807) is 0 Å². The number of aliphatic imine (C=N–C) groups is 1. The molecule has 1 aromatic heterocycles. The van der Waals surface area contributed by atoms with Crippen LogP contribution in [0.3, 0.4) is 0 Å². The van der Waals surface area contributed by atoms with Crippen LogP contribution in [0.1, 0.15) is 38.3 Å². The first kappa shape index (κ1) is 19.5. The molecular formula is C17H22BrCl2N3O. The average molecular weight is 435 g/mol. The lowest BCUT2D eigenvalue weighted by molar-refractivity contribution is 0.161. The number of hydrogen-bond donors (Lipinski definition) is 0. The molecule has 0 amide bonds. The Hall–Kier alpha value is -0.780. The average Bonchev–Trinajstić information content (AvgIpc) is 2.56. The van der Waals surface area contributed by atoms with Crippen LogP contribution in [-0.2, 0) is 0 Å². The normalized spacial score (nSPS) is 18.1. The summed E-state index contributed by atoms with van der Waals surface area (Å²) in [4.78, 5) is 11.0. The monoisotopic (exact) mass is 433 g/mol. The third-order valence-corrected chi connectivity index (χ3v) is 5.18. The molecule has 0 N–H and O–H groups in total. The van der Waals surface area contributed by atoms with Crippen LogP contribution in [0, 0.1) is 6.92 Å². The van der Waals surface area contributed by atoms with Crippen LogP contribution in [0.4, 0.5) is 5.69 Å². The van der Waals surface area contributed by atoms with E-state index in [0.29, 0.717) is 10.4 Å². The second kappa shape index (κ2) is 9.07. The maximum atomic E-state index is 6.07. The Kier molecular flexibility index (Phi) is 7.38. The molecule has 0 atom stereocenters. The molecule has 7 heteroatoms. The minimum atomic E-state index is 0.130. The van der Waals surface area contributed by atoms with Crippen LogP contribution in [0.25, 0.3) is 0 Å². The quantitative estimate of drug-likeness (QED) is 0.435. The lowest BCUT2D eigenvalue weighted by Crippen LogP contribution is -2.21. The lowest BCUT2D eigenvalue weighted by atomic mass is 9.94. The van der Waals surface area contributed by atoms with Gasteiger partial charge in [0.1, 0.15) is 10.6 Å². The Morgan fingerprint density at radius 1 is 1.46 bits per heavy atom. The zero-order valence-electron chi connectivity index (χ0n) is 14.2. The molecule has 1 heterocycles. The summed E-state index contributed by atoms with van der Waals surface area (Å²) >= 11 is 15.3. The second-order valence-corrected chi connectivity index (χ2v) is 7.68. The number of nitrogens with zero attached hydrogens (tertiary/aromatic N) is 3. The van der Waals surface area contributed by atoms with Gasteiger partial charge in [-0.3, -0.25) is 0 Å². The maximum Gasteiger partial charge on any atom is 0.228 e. The number of allylic oxidation sites excluding steroid dienone is 1. The van der Waals surface area contributed by atoms with E-state index in [2.05, 4.69) is 32.8 Å². The Morgan fingerprint density at radius 3 is 2.71 bits per heavy atom. The molecule has 0 saturated heterocycles. The van der Waals surface area contributed by atoms with Crippen molar-refractivity contribution < 1.29 is 4.74 Å². The summed E-state index contributed by atoms with van der Waals surface area (Å²) in [6.45, 7) is 4.92. The third-order valence-electron chi connectivity index (χ3n) is 4.08. The fourth-order valence-corrected chi connectivity index (χ4v) is 3.19. The van der Waals surface area contributed by atoms with Crippen molar-refractivity contribution in [1.82, 2.24) is 9.88 Å². The fourth-order valence-electron chi connectivity index (χ4n) is 2.41. The molecule has 4 nitrogen and oxygen atoms in total. The van der Waals surface area contributed by atoms with Gasteiger partial charge in [-0.25, -0.2) is 9.98 Å². The minimum absolute atomic E-state index is 0.130.